The lowest BCUT2D eigenvalue weighted by Gasteiger charge is -1.97. The molecule has 0 saturated carbocycles. The molecule has 0 fully saturated rings. The van der Waals surface area contributed by atoms with Gasteiger partial charge in [0.1, 0.15) is 22.3 Å². The molecule has 6 nitrogen and oxygen atoms in total. The van der Waals surface area contributed by atoms with Crippen LogP contribution in [0.15, 0.2) is 18.2 Å². The maximum absolute atomic E-state index is 8.92. The van der Waals surface area contributed by atoms with Crippen LogP contribution in [0, 0.1) is 11.3 Å². The quantitative estimate of drug-likeness (QED) is 0.758. The summed E-state index contributed by atoms with van der Waals surface area (Å²) in [5.41, 5.74) is 1.49. The average Bonchev–Trinajstić information content (AvgIpc) is 3.03. The first-order valence-corrected chi connectivity index (χ1v) is 5.90. The van der Waals surface area contributed by atoms with E-state index in [1.807, 2.05) is 24.3 Å². The van der Waals surface area contributed by atoms with E-state index in [0.717, 1.165) is 10.2 Å². The third kappa shape index (κ3) is 1.51. The summed E-state index contributed by atoms with van der Waals surface area (Å²) in [7, 11) is 1.60. The summed E-state index contributed by atoms with van der Waals surface area (Å²) < 4.78 is 6.23. The fraction of sp³-hybridized carbons (Fsp3) is 0.0909. The minimum absolute atomic E-state index is 0.244. The van der Waals surface area contributed by atoms with E-state index in [1.54, 1.807) is 7.11 Å². The SMILES string of the molecule is COc1cccc2sc(-c3n[nH]nc3C#N)nc12. The second-order valence-corrected chi connectivity index (χ2v) is 4.49. The van der Waals surface area contributed by atoms with Crippen LogP contribution in [0.3, 0.4) is 0 Å². The van der Waals surface area contributed by atoms with E-state index in [4.69, 9.17) is 10.00 Å². The lowest BCUT2D eigenvalue weighted by molar-refractivity contribution is 0.419. The molecule has 88 valence electrons. The Morgan fingerprint density at radius 1 is 1.39 bits per heavy atom. The zero-order valence-corrected chi connectivity index (χ0v) is 10.2. The molecule has 0 spiro atoms. The van der Waals surface area contributed by atoms with Gasteiger partial charge in [-0.05, 0) is 12.1 Å². The second kappa shape index (κ2) is 4.09. The lowest BCUT2D eigenvalue weighted by Crippen LogP contribution is -1.84. The highest BCUT2D eigenvalue weighted by atomic mass is 32.1. The van der Waals surface area contributed by atoms with Crippen LogP contribution in [0.5, 0.6) is 5.75 Å². The molecule has 0 saturated heterocycles. The molecule has 18 heavy (non-hydrogen) atoms. The van der Waals surface area contributed by atoms with Gasteiger partial charge in [0.15, 0.2) is 11.4 Å². The van der Waals surface area contributed by atoms with Crippen molar-refractivity contribution in [3.05, 3.63) is 23.9 Å². The van der Waals surface area contributed by atoms with Crippen molar-refractivity contribution in [1.82, 2.24) is 20.4 Å². The van der Waals surface area contributed by atoms with Gasteiger partial charge >= 0.3 is 0 Å². The summed E-state index contributed by atoms with van der Waals surface area (Å²) in [6.07, 6.45) is 0. The van der Waals surface area contributed by atoms with Gasteiger partial charge in [-0.2, -0.15) is 15.6 Å². The van der Waals surface area contributed by atoms with Gasteiger partial charge in [0.05, 0.1) is 11.8 Å². The number of thiazole rings is 1. The maximum atomic E-state index is 8.92. The number of aromatic amines is 1. The first-order chi connectivity index (χ1) is 8.83. The second-order valence-electron chi connectivity index (χ2n) is 3.46. The Morgan fingerprint density at radius 2 is 2.28 bits per heavy atom. The number of hydrogen-bond donors (Lipinski definition) is 1. The van der Waals surface area contributed by atoms with E-state index in [2.05, 4.69) is 20.4 Å². The highest BCUT2D eigenvalue weighted by Gasteiger charge is 2.16. The van der Waals surface area contributed by atoms with Gasteiger partial charge in [0.2, 0.25) is 0 Å². The summed E-state index contributed by atoms with van der Waals surface area (Å²) in [5, 5.41) is 19.7. The largest absolute Gasteiger partial charge is 0.494 e. The molecular formula is C11H7N5OS. The van der Waals surface area contributed by atoms with Crippen molar-refractivity contribution < 1.29 is 4.74 Å². The predicted octanol–water partition coefficient (Wildman–Crippen LogP) is 1.96. The Labute approximate surface area is 106 Å². The van der Waals surface area contributed by atoms with Crippen molar-refractivity contribution in [3.8, 4) is 22.5 Å². The third-order valence-electron chi connectivity index (χ3n) is 2.46. The number of benzene rings is 1. The zero-order chi connectivity index (χ0) is 12.5. The maximum Gasteiger partial charge on any atom is 0.192 e. The molecule has 2 heterocycles. The number of fused-ring (bicyclic) bond motifs is 1. The van der Waals surface area contributed by atoms with Crippen LogP contribution in [-0.4, -0.2) is 27.5 Å². The van der Waals surface area contributed by atoms with E-state index in [0.29, 0.717) is 16.5 Å². The number of nitrogens with one attached hydrogen (secondary N) is 1. The zero-order valence-electron chi connectivity index (χ0n) is 9.34. The number of nitrogens with zero attached hydrogens (tertiary/aromatic N) is 4. The van der Waals surface area contributed by atoms with E-state index in [-0.39, 0.29) is 5.69 Å². The average molecular weight is 257 g/mol. The van der Waals surface area contributed by atoms with Crippen molar-refractivity contribution in [1.29, 1.82) is 5.26 Å². The molecule has 3 rings (SSSR count). The van der Waals surface area contributed by atoms with Gasteiger partial charge in [-0.15, -0.1) is 16.4 Å². The van der Waals surface area contributed by atoms with Crippen LogP contribution in [0.4, 0.5) is 0 Å². The summed E-state index contributed by atoms with van der Waals surface area (Å²) in [6.45, 7) is 0. The van der Waals surface area contributed by atoms with Gasteiger partial charge in [-0.1, -0.05) is 6.07 Å². The number of rotatable bonds is 2. The topological polar surface area (TPSA) is 87.5 Å². The Hall–Kier alpha value is -2.46. The molecule has 0 atom stereocenters. The van der Waals surface area contributed by atoms with Gasteiger partial charge < -0.3 is 4.74 Å². The van der Waals surface area contributed by atoms with Crippen LogP contribution in [0.1, 0.15) is 5.69 Å². The highest BCUT2D eigenvalue weighted by Crippen LogP contribution is 2.34. The number of methoxy groups -OCH3 is 1. The molecule has 3 aromatic rings. The number of H-pyrrole nitrogens is 1. The van der Waals surface area contributed by atoms with Gasteiger partial charge in [-0.25, -0.2) is 4.98 Å². The number of nitriles is 1. The van der Waals surface area contributed by atoms with Gasteiger partial charge in [0.25, 0.3) is 0 Å². The lowest BCUT2D eigenvalue weighted by atomic mass is 10.3. The monoisotopic (exact) mass is 257 g/mol. The highest BCUT2D eigenvalue weighted by molar-refractivity contribution is 7.21. The Bertz CT molecular complexity index is 754. The fourth-order valence-electron chi connectivity index (χ4n) is 1.65. The molecule has 0 amide bonds. The number of para-hydroxylation sites is 1. The molecule has 1 aromatic carbocycles. The number of aromatic nitrogens is 4. The van der Waals surface area contributed by atoms with Gasteiger partial charge in [-0.3, -0.25) is 0 Å². The molecule has 0 radical (unpaired) electrons. The summed E-state index contributed by atoms with van der Waals surface area (Å²) in [5.74, 6) is 0.706. The van der Waals surface area contributed by atoms with Crippen LogP contribution >= 0.6 is 11.3 Å². The molecule has 0 aliphatic carbocycles. The smallest absolute Gasteiger partial charge is 0.192 e. The third-order valence-corrected chi connectivity index (χ3v) is 3.49. The van der Waals surface area contributed by atoms with Crippen molar-refractivity contribution in [2.24, 2.45) is 0 Å². The minimum Gasteiger partial charge on any atom is -0.494 e. The van der Waals surface area contributed by atoms with E-state index in [1.165, 1.54) is 11.3 Å². The molecule has 0 aliphatic heterocycles. The van der Waals surface area contributed by atoms with Crippen molar-refractivity contribution in [3.63, 3.8) is 0 Å². The molecule has 0 aliphatic rings. The number of hydrogen-bond acceptors (Lipinski definition) is 6. The molecule has 2 aromatic heterocycles. The van der Waals surface area contributed by atoms with Crippen LogP contribution in [0.2, 0.25) is 0 Å². The van der Waals surface area contributed by atoms with Gasteiger partial charge in [0, 0.05) is 0 Å². The van der Waals surface area contributed by atoms with Crippen molar-refractivity contribution in [2.75, 3.05) is 7.11 Å². The van der Waals surface area contributed by atoms with E-state index < -0.39 is 0 Å². The Balaban J connectivity index is 2.23. The molecule has 0 bridgehead atoms. The minimum atomic E-state index is 0.244. The molecule has 1 N–H and O–H groups in total. The normalized spacial score (nSPS) is 10.4. The Morgan fingerprint density at radius 3 is 3.06 bits per heavy atom. The van der Waals surface area contributed by atoms with E-state index in [9.17, 15) is 0 Å². The van der Waals surface area contributed by atoms with E-state index >= 15 is 0 Å². The van der Waals surface area contributed by atoms with Crippen molar-refractivity contribution >= 4 is 21.6 Å². The molecular weight excluding hydrogens is 250 g/mol. The first kappa shape index (κ1) is 10.7. The molecule has 7 heteroatoms. The summed E-state index contributed by atoms with van der Waals surface area (Å²) in [4.78, 5) is 4.45. The van der Waals surface area contributed by atoms with Crippen LogP contribution < -0.4 is 4.74 Å². The fourth-order valence-corrected chi connectivity index (χ4v) is 2.62. The summed E-state index contributed by atoms with van der Waals surface area (Å²) >= 11 is 1.45. The standard InChI is InChI=1S/C11H7N5OS/c1-17-7-3-2-4-8-10(7)13-11(18-8)9-6(5-12)14-16-15-9/h2-4H,1H3,(H,14,15,16). The predicted molar refractivity (Wildman–Crippen MR) is 66.3 cm³/mol. The molecule has 0 unspecified atom stereocenters. The van der Waals surface area contributed by atoms with Crippen LogP contribution in [-0.2, 0) is 0 Å². The first-order valence-electron chi connectivity index (χ1n) is 5.08. The van der Waals surface area contributed by atoms with Crippen LogP contribution in [0.25, 0.3) is 20.9 Å². The number of ether oxygens (including phenoxy) is 1. The Kier molecular flexibility index (Phi) is 2.42. The van der Waals surface area contributed by atoms with Crippen molar-refractivity contribution in [2.45, 2.75) is 0 Å². The summed E-state index contributed by atoms with van der Waals surface area (Å²) in [6, 6.07) is 7.67.